The molecule has 0 radical (unpaired) electrons. The highest BCUT2D eigenvalue weighted by molar-refractivity contribution is 5.66. The molecule has 0 aliphatic rings. The van der Waals surface area contributed by atoms with Crippen molar-refractivity contribution in [3.8, 4) is 6.07 Å². The van der Waals surface area contributed by atoms with Crippen LogP contribution in [-0.4, -0.2) is 17.6 Å². The fraction of sp³-hybridized carbons (Fsp3) is 0.467. The van der Waals surface area contributed by atoms with Crippen molar-refractivity contribution in [3.63, 3.8) is 0 Å². The molecule has 1 aromatic rings. The van der Waals surface area contributed by atoms with Gasteiger partial charge in [0.25, 0.3) is 0 Å². The molecule has 0 fully saturated rings. The zero-order valence-corrected chi connectivity index (χ0v) is 11.4. The molecule has 0 aromatic heterocycles. The van der Waals surface area contributed by atoms with E-state index >= 15 is 0 Å². The number of aliphatic carboxylic acids is 1. The summed E-state index contributed by atoms with van der Waals surface area (Å²) >= 11 is 0. The summed E-state index contributed by atoms with van der Waals surface area (Å²) in [5.41, 5.74) is 1.64. The summed E-state index contributed by atoms with van der Waals surface area (Å²) in [6.07, 6.45) is 1.79. The Hall–Kier alpha value is -2.02. The summed E-state index contributed by atoms with van der Waals surface area (Å²) in [5, 5.41) is 20.7. The van der Waals surface area contributed by atoms with E-state index in [0.717, 1.165) is 18.7 Å². The van der Waals surface area contributed by atoms with Crippen molar-refractivity contribution in [1.82, 2.24) is 0 Å². The lowest BCUT2D eigenvalue weighted by Gasteiger charge is -2.24. The number of carboxylic acid groups (broad SMARTS) is 1. The van der Waals surface area contributed by atoms with Crippen molar-refractivity contribution in [1.29, 1.82) is 5.26 Å². The molecule has 4 nitrogen and oxygen atoms in total. The van der Waals surface area contributed by atoms with Gasteiger partial charge in [0.2, 0.25) is 0 Å². The number of carboxylic acids is 1. The molecular formula is C15H20N2O2. The zero-order valence-electron chi connectivity index (χ0n) is 11.4. The highest BCUT2D eigenvalue weighted by Crippen LogP contribution is 2.26. The predicted molar refractivity (Wildman–Crippen MR) is 74.9 cm³/mol. The smallest absolute Gasteiger partial charge is 0.303 e. The van der Waals surface area contributed by atoms with E-state index in [0.29, 0.717) is 12.0 Å². The van der Waals surface area contributed by atoms with Crippen molar-refractivity contribution in [2.45, 2.75) is 33.1 Å². The monoisotopic (exact) mass is 260 g/mol. The molecule has 0 unspecified atom stereocenters. The molecule has 0 heterocycles. The lowest BCUT2D eigenvalue weighted by molar-refractivity contribution is -0.137. The number of nitriles is 1. The van der Waals surface area contributed by atoms with E-state index < -0.39 is 5.97 Å². The minimum absolute atomic E-state index is 0.0119. The Labute approximate surface area is 114 Å². The lowest BCUT2D eigenvalue weighted by atomic mass is 9.84. The quantitative estimate of drug-likeness (QED) is 0.789. The van der Waals surface area contributed by atoms with Gasteiger partial charge in [-0.1, -0.05) is 13.8 Å². The van der Waals surface area contributed by atoms with Gasteiger partial charge in [-0.25, -0.2) is 0 Å². The van der Waals surface area contributed by atoms with Crippen LogP contribution in [0, 0.1) is 16.7 Å². The Bertz CT molecular complexity index is 458. The van der Waals surface area contributed by atoms with E-state index in [9.17, 15) is 4.79 Å². The molecule has 0 spiro atoms. The summed E-state index contributed by atoms with van der Waals surface area (Å²) in [7, 11) is 0. The zero-order chi connectivity index (χ0) is 14.3. The fourth-order valence-corrected chi connectivity index (χ4v) is 1.78. The van der Waals surface area contributed by atoms with Crippen LogP contribution in [0.2, 0.25) is 0 Å². The first kappa shape index (κ1) is 15.0. The predicted octanol–water partition coefficient (Wildman–Crippen LogP) is 3.25. The molecule has 0 saturated carbocycles. The molecular weight excluding hydrogens is 240 g/mol. The molecule has 0 bridgehead atoms. The van der Waals surface area contributed by atoms with E-state index in [2.05, 4.69) is 25.2 Å². The number of rotatable bonds is 7. The van der Waals surface area contributed by atoms with Gasteiger partial charge in [-0.3, -0.25) is 4.79 Å². The molecule has 2 N–H and O–H groups in total. The van der Waals surface area contributed by atoms with Gasteiger partial charge < -0.3 is 10.4 Å². The van der Waals surface area contributed by atoms with E-state index in [-0.39, 0.29) is 11.8 Å². The first-order chi connectivity index (χ1) is 8.93. The number of hydrogen-bond acceptors (Lipinski definition) is 3. The number of carbonyl (C=O) groups is 1. The molecule has 4 heteroatoms. The maximum Gasteiger partial charge on any atom is 0.303 e. The van der Waals surface area contributed by atoms with Gasteiger partial charge in [0.05, 0.1) is 11.6 Å². The average Bonchev–Trinajstić information content (AvgIpc) is 2.37. The van der Waals surface area contributed by atoms with Gasteiger partial charge in [-0.15, -0.1) is 0 Å². The topological polar surface area (TPSA) is 73.1 Å². The maximum absolute atomic E-state index is 10.6. The van der Waals surface area contributed by atoms with Crippen molar-refractivity contribution in [3.05, 3.63) is 29.8 Å². The maximum atomic E-state index is 10.6. The molecule has 0 saturated heterocycles. The Morgan fingerprint density at radius 1 is 1.32 bits per heavy atom. The van der Waals surface area contributed by atoms with Crippen molar-refractivity contribution >= 4 is 11.7 Å². The fourth-order valence-electron chi connectivity index (χ4n) is 1.78. The van der Waals surface area contributed by atoms with Crippen LogP contribution in [0.4, 0.5) is 5.69 Å². The Balaban J connectivity index is 2.36. The molecule has 1 aromatic carbocycles. The lowest BCUT2D eigenvalue weighted by Crippen LogP contribution is -2.18. The normalized spacial score (nSPS) is 10.8. The number of nitrogens with one attached hydrogen (secondary N) is 1. The summed E-state index contributed by atoms with van der Waals surface area (Å²) in [4.78, 5) is 10.6. The number of benzene rings is 1. The van der Waals surface area contributed by atoms with E-state index in [1.165, 1.54) is 0 Å². The Morgan fingerprint density at radius 2 is 1.95 bits per heavy atom. The second-order valence-corrected chi connectivity index (χ2v) is 5.42. The van der Waals surface area contributed by atoms with Crippen molar-refractivity contribution < 1.29 is 9.90 Å². The first-order valence-corrected chi connectivity index (χ1v) is 6.39. The summed E-state index contributed by atoms with van der Waals surface area (Å²) in [6.45, 7) is 4.95. The van der Waals surface area contributed by atoms with Crippen LogP contribution < -0.4 is 5.32 Å². The molecule has 0 atom stereocenters. The average molecular weight is 260 g/mol. The van der Waals surface area contributed by atoms with Crippen molar-refractivity contribution in [2.24, 2.45) is 5.41 Å². The minimum Gasteiger partial charge on any atom is -0.481 e. The van der Waals surface area contributed by atoms with Gasteiger partial charge in [0.1, 0.15) is 0 Å². The standard InChI is InChI=1S/C15H20N2O2/c1-15(2,8-7-14(18)19)9-10-17-13-5-3-12(11-16)4-6-13/h3-6,17H,7-10H2,1-2H3,(H,18,19). The van der Waals surface area contributed by atoms with Crippen LogP contribution in [-0.2, 0) is 4.79 Å². The molecule has 102 valence electrons. The third kappa shape index (κ3) is 5.91. The minimum atomic E-state index is -0.742. The van der Waals surface area contributed by atoms with E-state index in [4.69, 9.17) is 10.4 Å². The highest BCUT2D eigenvalue weighted by atomic mass is 16.4. The molecule has 19 heavy (non-hydrogen) atoms. The van der Waals surface area contributed by atoms with E-state index in [1.54, 1.807) is 12.1 Å². The van der Waals surface area contributed by atoms with Gasteiger partial charge in [0.15, 0.2) is 0 Å². The first-order valence-electron chi connectivity index (χ1n) is 6.39. The van der Waals surface area contributed by atoms with Crippen LogP contribution in [0.15, 0.2) is 24.3 Å². The molecule has 0 aliphatic heterocycles. The second-order valence-electron chi connectivity index (χ2n) is 5.42. The third-order valence-corrected chi connectivity index (χ3v) is 3.16. The van der Waals surface area contributed by atoms with Gasteiger partial charge in [-0.05, 0) is 42.5 Å². The molecule has 1 rings (SSSR count). The van der Waals surface area contributed by atoms with Crippen LogP contribution in [0.3, 0.4) is 0 Å². The molecule has 0 aliphatic carbocycles. The Morgan fingerprint density at radius 3 is 2.47 bits per heavy atom. The Kier molecular flexibility index (Phi) is 5.37. The second kappa shape index (κ2) is 6.79. The summed E-state index contributed by atoms with van der Waals surface area (Å²) in [6, 6.07) is 9.39. The number of anilines is 1. The van der Waals surface area contributed by atoms with E-state index in [1.807, 2.05) is 12.1 Å². The number of hydrogen-bond donors (Lipinski definition) is 2. The highest BCUT2D eigenvalue weighted by Gasteiger charge is 2.18. The van der Waals surface area contributed by atoms with Crippen LogP contribution in [0.1, 0.15) is 38.7 Å². The third-order valence-electron chi connectivity index (χ3n) is 3.16. The summed E-state index contributed by atoms with van der Waals surface area (Å²) in [5.74, 6) is -0.742. The molecule has 0 amide bonds. The van der Waals surface area contributed by atoms with Crippen LogP contribution in [0.25, 0.3) is 0 Å². The largest absolute Gasteiger partial charge is 0.481 e. The van der Waals surface area contributed by atoms with Crippen molar-refractivity contribution in [2.75, 3.05) is 11.9 Å². The number of nitrogens with zero attached hydrogens (tertiary/aromatic N) is 1. The summed E-state index contributed by atoms with van der Waals surface area (Å²) < 4.78 is 0. The van der Waals surface area contributed by atoms with Gasteiger partial charge in [0, 0.05) is 18.7 Å². The van der Waals surface area contributed by atoms with Gasteiger partial charge in [-0.2, -0.15) is 5.26 Å². The van der Waals surface area contributed by atoms with Crippen LogP contribution >= 0.6 is 0 Å². The van der Waals surface area contributed by atoms with Gasteiger partial charge >= 0.3 is 5.97 Å². The SMILES string of the molecule is CC(C)(CCNc1ccc(C#N)cc1)CCC(=O)O. The van der Waals surface area contributed by atoms with Crippen LogP contribution in [0.5, 0.6) is 0 Å².